The fourth-order valence-corrected chi connectivity index (χ4v) is 2.82. The van der Waals surface area contributed by atoms with Crippen molar-refractivity contribution in [2.75, 3.05) is 26.0 Å². The quantitative estimate of drug-likeness (QED) is 0.908. The summed E-state index contributed by atoms with van der Waals surface area (Å²) in [5, 5.41) is 2.91. The van der Waals surface area contributed by atoms with Crippen LogP contribution < -0.4 is 10.1 Å². The Hall–Kier alpha value is -2.82. The molecular weight excluding hydrogens is 316 g/mol. The fraction of sp³-hybridized carbons (Fsp3) is 0.300. The summed E-state index contributed by atoms with van der Waals surface area (Å²) in [4.78, 5) is 26.2. The van der Waals surface area contributed by atoms with Crippen LogP contribution in [0, 0.1) is 20.8 Å². The lowest BCUT2D eigenvalue weighted by Gasteiger charge is -2.19. The van der Waals surface area contributed by atoms with E-state index in [1.54, 1.807) is 38.4 Å². The van der Waals surface area contributed by atoms with Crippen molar-refractivity contribution >= 4 is 17.5 Å². The van der Waals surface area contributed by atoms with Crippen LogP contribution in [0.3, 0.4) is 0 Å². The van der Waals surface area contributed by atoms with Crippen molar-refractivity contribution in [3.05, 3.63) is 58.7 Å². The zero-order chi connectivity index (χ0) is 18.6. The van der Waals surface area contributed by atoms with Gasteiger partial charge in [-0.3, -0.25) is 9.59 Å². The molecule has 0 atom stereocenters. The average molecular weight is 340 g/mol. The number of benzene rings is 2. The minimum absolute atomic E-state index is 0.0250. The minimum Gasteiger partial charge on any atom is -0.497 e. The first-order chi connectivity index (χ1) is 11.8. The average Bonchev–Trinajstić information content (AvgIpc) is 2.57. The molecule has 0 aliphatic rings. The number of ether oxygens (including phenoxy) is 1. The highest BCUT2D eigenvalue weighted by molar-refractivity contribution is 6.00. The summed E-state index contributed by atoms with van der Waals surface area (Å²) >= 11 is 0. The Morgan fingerprint density at radius 2 is 1.72 bits per heavy atom. The van der Waals surface area contributed by atoms with Gasteiger partial charge in [0, 0.05) is 18.3 Å². The summed E-state index contributed by atoms with van der Waals surface area (Å²) in [6.07, 6.45) is 0. The van der Waals surface area contributed by atoms with E-state index in [0.29, 0.717) is 11.3 Å². The van der Waals surface area contributed by atoms with Gasteiger partial charge in [-0.15, -0.1) is 0 Å². The molecule has 0 radical (unpaired) electrons. The van der Waals surface area contributed by atoms with Crippen molar-refractivity contribution in [2.45, 2.75) is 20.8 Å². The number of likely N-dealkylation sites (N-methyl/N-ethyl adjacent to an activating group) is 1. The summed E-state index contributed by atoms with van der Waals surface area (Å²) in [6.45, 7) is 5.91. The van der Waals surface area contributed by atoms with Gasteiger partial charge < -0.3 is 15.0 Å². The molecule has 0 fully saturated rings. The van der Waals surface area contributed by atoms with E-state index in [9.17, 15) is 9.59 Å². The summed E-state index contributed by atoms with van der Waals surface area (Å²) in [5.74, 6) is 0.148. The third kappa shape index (κ3) is 4.59. The smallest absolute Gasteiger partial charge is 0.254 e. The van der Waals surface area contributed by atoms with Crippen molar-refractivity contribution in [2.24, 2.45) is 0 Å². The Bertz CT molecular complexity index is 776. The highest BCUT2D eigenvalue weighted by Crippen LogP contribution is 2.22. The Balaban J connectivity index is 2.06. The number of nitrogens with zero attached hydrogens (tertiary/aromatic N) is 1. The zero-order valence-corrected chi connectivity index (χ0v) is 15.3. The lowest BCUT2D eigenvalue weighted by molar-refractivity contribution is -0.116. The number of carbonyl (C=O) groups excluding carboxylic acids is 2. The van der Waals surface area contributed by atoms with Crippen molar-refractivity contribution in [3.8, 4) is 5.75 Å². The second kappa shape index (κ2) is 7.83. The van der Waals surface area contributed by atoms with Gasteiger partial charge in [0.1, 0.15) is 5.75 Å². The summed E-state index contributed by atoms with van der Waals surface area (Å²) < 4.78 is 5.13. The van der Waals surface area contributed by atoms with E-state index in [4.69, 9.17) is 4.74 Å². The molecule has 0 aliphatic heterocycles. The van der Waals surface area contributed by atoms with E-state index in [2.05, 4.69) is 5.32 Å². The number of amides is 2. The molecule has 0 bridgehead atoms. The largest absolute Gasteiger partial charge is 0.497 e. The van der Waals surface area contributed by atoms with Gasteiger partial charge in [-0.05, 0) is 50.1 Å². The van der Waals surface area contributed by atoms with Crippen LogP contribution in [-0.2, 0) is 4.79 Å². The number of rotatable bonds is 5. The molecule has 0 heterocycles. The van der Waals surface area contributed by atoms with Gasteiger partial charge in [0.05, 0.1) is 13.7 Å². The monoisotopic (exact) mass is 340 g/mol. The number of methoxy groups -OCH3 is 1. The van der Waals surface area contributed by atoms with Gasteiger partial charge in [0.15, 0.2) is 0 Å². The highest BCUT2D eigenvalue weighted by atomic mass is 16.5. The van der Waals surface area contributed by atoms with Gasteiger partial charge in [-0.1, -0.05) is 23.8 Å². The Morgan fingerprint density at radius 1 is 1.08 bits per heavy atom. The maximum Gasteiger partial charge on any atom is 0.254 e. The Labute approximate surface area is 148 Å². The van der Waals surface area contributed by atoms with Crippen molar-refractivity contribution in [3.63, 3.8) is 0 Å². The second-order valence-corrected chi connectivity index (χ2v) is 6.22. The molecule has 0 unspecified atom stereocenters. The first-order valence-electron chi connectivity index (χ1n) is 8.09. The van der Waals surface area contributed by atoms with Crippen molar-refractivity contribution in [1.82, 2.24) is 4.90 Å². The topological polar surface area (TPSA) is 58.6 Å². The van der Waals surface area contributed by atoms with Gasteiger partial charge >= 0.3 is 0 Å². The minimum atomic E-state index is -0.230. The van der Waals surface area contributed by atoms with Crippen LogP contribution in [0.4, 0.5) is 5.69 Å². The van der Waals surface area contributed by atoms with E-state index in [1.807, 2.05) is 32.9 Å². The number of nitrogens with one attached hydrogen (secondary N) is 1. The van der Waals surface area contributed by atoms with Crippen LogP contribution in [0.25, 0.3) is 0 Å². The van der Waals surface area contributed by atoms with E-state index in [0.717, 1.165) is 22.4 Å². The van der Waals surface area contributed by atoms with Gasteiger partial charge in [0.25, 0.3) is 5.91 Å². The van der Waals surface area contributed by atoms with Crippen LogP contribution >= 0.6 is 0 Å². The number of anilines is 1. The highest BCUT2D eigenvalue weighted by Gasteiger charge is 2.16. The molecule has 25 heavy (non-hydrogen) atoms. The van der Waals surface area contributed by atoms with Crippen LogP contribution in [0.5, 0.6) is 5.75 Å². The number of aryl methyl sites for hydroxylation is 3. The molecule has 0 saturated heterocycles. The van der Waals surface area contributed by atoms with Crippen LogP contribution in [0.15, 0.2) is 36.4 Å². The molecule has 5 heteroatoms. The number of hydrogen-bond donors (Lipinski definition) is 1. The molecule has 0 aliphatic carbocycles. The number of carbonyl (C=O) groups is 2. The lowest BCUT2D eigenvalue weighted by Crippen LogP contribution is -2.35. The van der Waals surface area contributed by atoms with Crippen molar-refractivity contribution in [1.29, 1.82) is 0 Å². The van der Waals surface area contributed by atoms with Crippen molar-refractivity contribution < 1.29 is 14.3 Å². The zero-order valence-electron chi connectivity index (χ0n) is 15.3. The van der Waals surface area contributed by atoms with Crippen LogP contribution in [0.1, 0.15) is 27.0 Å². The number of hydrogen-bond acceptors (Lipinski definition) is 3. The standard InChI is InChI=1S/C20H24N2O3/c1-13-9-14(2)19(15(3)10-13)21-18(23)12-22(4)20(24)16-7-6-8-17(11-16)25-5/h6-11H,12H2,1-5H3,(H,21,23). The first kappa shape index (κ1) is 18.5. The molecular formula is C20H24N2O3. The Kier molecular flexibility index (Phi) is 5.80. The van der Waals surface area contributed by atoms with E-state index in [1.165, 1.54) is 4.90 Å². The Morgan fingerprint density at radius 3 is 2.32 bits per heavy atom. The van der Waals surface area contributed by atoms with E-state index >= 15 is 0 Å². The SMILES string of the molecule is COc1cccc(C(=O)N(C)CC(=O)Nc2c(C)cc(C)cc2C)c1. The molecule has 2 aromatic rings. The molecule has 0 aromatic heterocycles. The molecule has 132 valence electrons. The fourth-order valence-electron chi connectivity index (χ4n) is 2.82. The molecule has 5 nitrogen and oxygen atoms in total. The van der Waals surface area contributed by atoms with Crippen LogP contribution in [-0.4, -0.2) is 37.4 Å². The molecule has 0 spiro atoms. The van der Waals surface area contributed by atoms with Gasteiger partial charge in [-0.25, -0.2) is 0 Å². The van der Waals surface area contributed by atoms with Crippen LogP contribution in [0.2, 0.25) is 0 Å². The third-order valence-electron chi connectivity index (χ3n) is 3.99. The third-order valence-corrected chi connectivity index (χ3v) is 3.99. The molecule has 0 saturated carbocycles. The predicted octanol–water partition coefficient (Wildman–Crippen LogP) is 3.33. The maximum atomic E-state index is 12.5. The summed E-state index contributed by atoms with van der Waals surface area (Å²) in [6, 6.07) is 10.9. The predicted molar refractivity (Wildman–Crippen MR) is 99.2 cm³/mol. The maximum absolute atomic E-state index is 12.5. The van der Waals surface area contributed by atoms with Gasteiger partial charge in [-0.2, -0.15) is 0 Å². The molecule has 2 aromatic carbocycles. The summed E-state index contributed by atoms with van der Waals surface area (Å²) in [7, 11) is 3.16. The molecule has 2 rings (SSSR count). The molecule has 2 amide bonds. The van der Waals surface area contributed by atoms with Gasteiger partial charge in [0.2, 0.25) is 5.91 Å². The van der Waals surface area contributed by atoms with E-state index < -0.39 is 0 Å². The molecule has 1 N–H and O–H groups in total. The second-order valence-electron chi connectivity index (χ2n) is 6.22. The lowest BCUT2D eigenvalue weighted by atomic mass is 10.1. The first-order valence-corrected chi connectivity index (χ1v) is 8.09. The van der Waals surface area contributed by atoms with E-state index in [-0.39, 0.29) is 18.4 Å². The summed E-state index contributed by atoms with van der Waals surface area (Å²) in [5.41, 5.74) is 4.45. The normalized spacial score (nSPS) is 10.3.